The fourth-order valence-corrected chi connectivity index (χ4v) is 4.02. The van der Waals surface area contributed by atoms with Gasteiger partial charge in [-0.1, -0.05) is 11.6 Å². The van der Waals surface area contributed by atoms with Crippen LogP contribution in [0.5, 0.6) is 0 Å². The Bertz CT molecular complexity index is 666. The van der Waals surface area contributed by atoms with Crippen LogP contribution in [-0.2, 0) is 4.79 Å². The Morgan fingerprint density at radius 2 is 1.96 bits per heavy atom. The van der Waals surface area contributed by atoms with Crippen molar-refractivity contribution >= 4 is 44.8 Å². The Hall–Kier alpha value is -1.35. The average Bonchev–Trinajstić information content (AvgIpc) is 2.78. The number of hydrogen-bond acceptors (Lipinski definition) is 4. The molecule has 0 radical (unpaired) electrons. The third-order valence-corrected chi connectivity index (χ3v) is 5.04. The molecule has 0 atom stereocenters. The van der Waals surface area contributed by atoms with Crippen LogP contribution in [0, 0.1) is 5.41 Å². The van der Waals surface area contributed by atoms with E-state index in [0.717, 1.165) is 0 Å². The summed E-state index contributed by atoms with van der Waals surface area (Å²) in [6.45, 7) is 0.510. The zero-order valence-electron chi connectivity index (χ0n) is 11.6. The molecular weight excluding hydrogens is 401 g/mol. The molecule has 3 rings (SSSR count). The predicted octanol–water partition coefficient (Wildman–Crippen LogP) is 3.13. The van der Waals surface area contributed by atoms with Crippen LogP contribution in [0.25, 0.3) is 0 Å². The van der Waals surface area contributed by atoms with E-state index < -0.39 is 23.2 Å². The van der Waals surface area contributed by atoms with Crippen molar-refractivity contribution in [2.24, 2.45) is 10.5 Å². The minimum atomic E-state index is -4.63. The number of halogens is 5. The van der Waals surface area contributed by atoms with Crippen molar-refractivity contribution in [2.75, 3.05) is 18.0 Å². The van der Waals surface area contributed by atoms with Crippen molar-refractivity contribution < 1.29 is 18.0 Å². The van der Waals surface area contributed by atoms with Crippen LogP contribution in [0.3, 0.4) is 0 Å². The quantitative estimate of drug-likeness (QED) is 0.772. The number of carbonyl (C=O) groups is 1. The number of carbonyl (C=O) groups excluding carboxylic acids is 1. The maximum Gasteiger partial charge on any atom is 0.432 e. The molecule has 0 bridgehead atoms. The number of hydrazone groups is 1. The van der Waals surface area contributed by atoms with Gasteiger partial charge in [0.15, 0.2) is 5.71 Å². The average molecular weight is 412 g/mol. The summed E-state index contributed by atoms with van der Waals surface area (Å²) in [7, 11) is 0. The summed E-state index contributed by atoms with van der Waals surface area (Å²) < 4.78 is 40.1. The third-order valence-electron chi connectivity index (χ3n) is 4.19. The zero-order valence-corrected chi connectivity index (χ0v) is 14.0. The summed E-state index contributed by atoms with van der Waals surface area (Å²) in [6, 6.07) is 0. The van der Waals surface area contributed by atoms with Crippen LogP contribution in [0.1, 0.15) is 12.8 Å². The van der Waals surface area contributed by atoms with Gasteiger partial charge in [0.1, 0.15) is 5.41 Å². The number of rotatable bonds is 1. The van der Waals surface area contributed by atoms with Crippen LogP contribution in [0.4, 0.5) is 18.9 Å². The number of hydrogen-bond donors (Lipinski definition) is 1. The molecule has 10 heteroatoms. The molecule has 2 aliphatic rings. The molecule has 0 aromatic carbocycles. The summed E-state index contributed by atoms with van der Waals surface area (Å²) in [4.78, 5) is 17.8. The Kier molecular flexibility index (Phi) is 4.04. The molecule has 0 unspecified atom stereocenters. The van der Waals surface area contributed by atoms with E-state index in [1.54, 1.807) is 6.20 Å². The van der Waals surface area contributed by atoms with Crippen LogP contribution >= 0.6 is 27.5 Å². The first-order valence-corrected chi connectivity index (χ1v) is 7.92. The second-order valence-corrected chi connectivity index (χ2v) is 6.68. The molecule has 0 aliphatic carbocycles. The standard InChI is InChI=1S/C13H11BrClF3N4O/c14-7-5-19-6-8(15)9(7)22-3-1-12(2-4-22)10(13(16,17)18)20-21-11(12)23/h5-6H,1-4H2,(H,21,23). The second kappa shape index (κ2) is 5.62. The molecule has 2 aliphatic heterocycles. The van der Waals surface area contributed by atoms with Gasteiger partial charge in [-0.15, -0.1) is 0 Å². The Morgan fingerprint density at radius 1 is 1.30 bits per heavy atom. The van der Waals surface area contributed by atoms with E-state index in [9.17, 15) is 18.0 Å². The summed E-state index contributed by atoms with van der Waals surface area (Å²) in [5.41, 5.74) is 0.00308. The molecule has 3 heterocycles. The minimum Gasteiger partial charge on any atom is -0.369 e. The number of nitrogens with zero attached hydrogens (tertiary/aromatic N) is 3. The monoisotopic (exact) mass is 410 g/mol. The lowest BCUT2D eigenvalue weighted by atomic mass is 9.74. The van der Waals surface area contributed by atoms with Crippen LogP contribution in [0.2, 0.25) is 5.02 Å². The number of pyridine rings is 1. The number of aromatic nitrogens is 1. The van der Waals surface area contributed by atoms with E-state index in [1.807, 2.05) is 10.3 Å². The van der Waals surface area contributed by atoms with Crippen molar-refractivity contribution in [2.45, 2.75) is 19.0 Å². The summed E-state index contributed by atoms with van der Waals surface area (Å²) in [6.07, 6.45) is -1.56. The van der Waals surface area contributed by atoms with Gasteiger partial charge in [0.2, 0.25) is 0 Å². The topological polar surface area (TPSA) is 57.6 Å². The third kappa shape index (κ3) is 2.69. The molecule has 5 nitrogen and oxygen atoms in total. The highest BCUT2D eigenvalue weighted by Crippen LogP contribution is 2.44. The van der Waals surface area contributed by atoms with Gasteiger partial charge in [-0.3, -0.25) is 9.78 Å². The highest BCUT2D eigenvalue weighted by atomic mass is 79.9. The number of amides is 1. The number of alkyl halides is 3. The maximum atomic E-state index is 13.1. The Labute approximate surface area is 143 Å². The largest absolute Gasteiger partial charge is 0.432 e. The molecule has 1 aromatic heterocycles. The lowest BCUT2D eigenvalue weighted by Gasteiger charge is -2.39. The number of piperidine rings is 1. The van der Waals surface area contributed by atoms with Gasteiger partial charge in [-0.05, 0) is 28.8 Å². The molecule has 124 valence electrons. The molecule has 23 heavy (non-hydrogen) atoms. The summed E-state index contributed by atoms with van der Waals surface area (Å²) >= 11 is 9.47. The lowest BCUT2D eigenvalue weighted by Crippen LogP contribution is -2.51. The van der Waals surface area contributed by atoms with E-state index >= 15 is 0 Å². The summed E-state index contributed by atoms with van der Waals surface area (Å²) in [5.74, 6) is -0.690. The second-order valence-electron chi connectivity index (χ2n) is 5.42. The molecule has 0 saturated carbocycles. The fourth-order valence-electron chi connectivity index (χ4n) is 3.05. The predicted molar refractivity (Wildman–Crippen MR) is 82.5 cm³/mol. The first kappa shape index (κ1) is 16.5. The van der Waals surface area contributed by atoms with E-state index in [2.05, 4.69) is 26.0 Å². The minimum absolute atomic E-state index is 0.0161. The van der Waals surface area contributed by atoms with Crippen molar-refractivity contribution in [1.29, 1.82) is 0 Å². The number of anilines is 1. The van der Waals surface area contributed by atoms with E-state index in [4.69, 9.17) is 11.6 Å². The van der Waals surface area contributed by atoms with E-state index in [0.29, 0.717) is 15.2 Å². The number of nitrogens with one attached hydrogen (secondary N) is 1. The highest BCUT2D eigenvalue weighted by molar-refractivity contribution is 9.10. The van der Waals surface area contributed by atoms with E-state index in [1.165, 1.54) is 6.20 Å². The van der Waals surface area contributed by atoms with Crippen molar-refractivity contribution in [1.82, 2.24) is 10.4 Å². The SMILES string of the molecule is O=C1NN=C(C(F)(F)F)C12CCN(c1c(Cl)cncc1Br)CC2. The zero-order chi connectivity index (χ0) is 16.8. The molecule has 1 amide bonds. The first-order valence-electron chi connectivity index (χ1n) is 6.75. The maximum absolute atomic E-state index is 13.1. The van der Waals surface area contributed by atoms with E-state index in [-0.39, 0.29) is 25.9 Å². The Morgan fingerprint density at radius 3 is 2.52 bits per heavy atom. The van der Waals surface area contributed by atoms with Gasteiger partial charge < -0.3 is 4.90 Å². The summed E-state index contributed by atoms with van der Waals surface area (Å²) in [5, 5.41) is 3.63. The van der Waals surface area contributed by atoms with Crippen LogP contribution in [0.15, 0.2) is 22.0 Å². The fraction of sp³-hybridized carbons (Fsp3) is 0.462. The van der Waals surface area contributed by atoms with Gasteiger partial charge >= 0.3 is 6.18 Å². The first-order chi connectivity index (χ1) is 10.8. The lowest BCUT2D eigenvalue weighted by molar-refractivity contribution is -0.128. The molecule has 1 N–H and O–H groups in total. The smallest absolute Gasteiger partial charge is 0.369 e. The van der Waals surface area contributed by atoms with Crippen molar-refractivity contribution in [3.05, 3.63) is 21.9 Å². The van der Waals surface area contributed by atoms with Gasteiger partial charge in [-0.25, -0.2) is 5.43 Å². The van der Waals surface area contributed by atoms with Gasteiger partial charge in [0, 0.05) is 25.5 Å². The van der Waals surface area contributed by atoms with Gasteiger partial charge in [0.05, 0.1) is 15.2 Å². The van der Waals surface area contributed by atoms with Crippen molar-refractivity contribution in [3.63, 3.8) is 0 Å². The normalized spacial score (nSPS) is 20.7. The highest BCUT2D eigenvalue weighted by Gasteiger charge is 2.58. The van der Waals surface area contributed by atoms with Gasteiger partial charge in [-0.2, -0.15) is 18.3 Å². The molecule has 1 fully saturated rings. The van der Waals surface area contributed by atoms with Crippen molar-refractivity contribution in [3.8, 4) is 0 Å². The molecule has 1 aromatic rings. The molecule has 1 saturated heterocycles. The molecule has 1 spiro atoms. The molecular formula is C13H11BrClF3N4O. The Balaban J connectivity index is 1.86. The van der Waals surface area contributed by atoms with Gasteiger partial charge in [0.25, 0.3) is 5.91 Å². The van der Waals surface area contributed by atoms with Crippen LogP contribution < -0.4 is 10.3 Å². The van der Waals surface area contributed by atoms with Crippen LogP contribution in [-0.4, -0.2) is 35.9 Å².